The van der Waals surface area contributed by atoms with Gasteiger partial charge in [-0.15, -0.1) is 10.2 Å². The van der Waals surface area contributed by atoms with Crippen LogP contribution in [-0.2, 0) is 6.54 Å². The first kappa shape index (κ1) is 19.2. The highest BCUT2D eigenvalue weighted by molar-refractivity contribution is 5.95. The molecule has 1 atom stereocenters. The van der Waals surface area contributed by atoms with Gasteiger partial charge in [0, 0.05) is 24.3 Å². The van der Waals surface area contributed by atoms with Crippen molar-refractivity contribution in [3.05, 3.63) is 89.9 Å². The SMILES string of the molecule is Cc1cccc(-c2nnc3n2CCN(C(=O)c2ccc(-c4ccccc4)cc2)C3C)n1. The van der Waals surface area contributed by atoms with Gasteiger partial charge in [0.25, 0.3) is 5.91 Å². The summed E-state index contributed by atoms with van der Waals surface area (Å²) in [6.45, 7) is 5.21. The molecule has 0 bridgehead atoms. The molecule has 1 aliphatic heterocycles. The van der Waals surface area contributed by atoms with Gasteiger partial charge in [-0.1, -0.05) is 48.5 Å². The number of carbonyl (C=O) groups excluding carboxylic acids is 1. The Hall–Kier alpha value is -3.80. The lowest BCUT2D eigenvalue weighted by Crippen LogP contribution is -2.41. The van der Waals surface area contributed by atoms with E-state index in [0.29, 0.717) is 18.7 Å². The molecule has 2 aromatic carbocycles. The highest BCUT2D eigenvalue weighted by Crippen LogP contribution is 2.29. The molecule has 4 aromatic rings. The van der Waals surface area contributed by atoms with Crippen LogP contribution in [0.25, 0.3) is 22.6 Å². The van der Waals surface area contributed by atoms with Crippen LogP contribution in [0.5, 0.6) is 0 Å². The van der Waals surface area contributed by atoms with Gasteiger partial charge in [0.2, 0.25) is 0 Å². The van der Waals surface area contributed by atoms with Gasteiger partial charge in [-0.05, 0) is 49.2 Å². The number of nitrogens with zero attached hydrogens (tertiary/aromatic N) is 5. The van der Waals surface area contributed by atoms with E-state index in [0.717, 1.165) is 34.2 Å². The molecule has 0 N–H and O–H groups in total. The summed E-state index contributed by atoms with van der Waals surface area (Å²) in [6, 6.07) is 23.7. The number of aryl methyl sites for hydroxylation is 1. The van der Waals surface area contributed by atoms with Crippen molar-refractivity contribution in [2.24, 2.45) is 0 Å². The second-order valence-electron chi connectivity index (χ2n) is 7.82. The van der Waals surface area contributed by atoms with E-state index in [4.69, 9.17) is 0 Å². The van der Waals surface area contributed by atoms with Crippen molar-refractivity contribution >= 4 is 5.91 Å². The molecular formula is C25H23N5O. The molecule has 6 heteroatoms. The summed E-state index contributed by atoms with van der Waals surface area (Å²) in [5.41, 5.74) is 4.66. The molecule has 0 fully saturated rings. The first-order chi connectivity index (χ1) is 15.1. The van der Waals surface area contributed by atoms with Gasteiger partial charge < -0.3 is 9.47 Å². The lowest BCUT2D eigenvalue weighted by Gasteiger charge is -2.33. The third-order valence-electron chi connectivity index (χ3n) is 5.80. The summed E-state index contributed by atoms with van der Waals surface area (Å²) >= 11 is 0. The van der Waals surface area contributed by atoms with Crippen LogP contribution < -0.4 is 0 Å². The Morgan fingerprint density at radius 1 is 0.871 bits per heavy atom. The van der Waals surface area contributed by atoms with Crippen LogP contribution in [0.2, 0.25) is 0 Å². The molecule has 31 heavy (non-hydrogen) atoms. The van der Waals surface area contributed by atoms with E-state index < -0.39 is 0 Å². The molecule has 154 valence electrons. The number of amides is 1. The summed E-state index contributed by atoms with van der Waals surface area (Å²) < 4.78 is 2.08. The molecule has 6 nitrogen and oxygen atoms in total. The maximum absolute atomic E-state index is 13.2. The molecule has 1 amide bonds. The average Bonchev–Trinajstić information content (AvgIpc) is 3.25. The number of carbonyl (C=O) groups is 1. The van der Waals surface area contributed by atoms with Crippen LogP contribution in [0.15, 0.2) is 72.8 Å². The first-order valence-corrected chi connectivity index (χ1v) is 10.5. The molecule has 0 saturated heterocycles. The molecule has 2 aromatic heterocycles. The summed E-state index contributed by atoms with van der Waals surface area (Å²) in [6.07, 6.45) is 0. The molecule has 0 aliphatic carbocycles. The molecule has 1 aliphatic rings. The smallest absolute Gasteiger partial charge is 0.254 e. The predicted molar refractivity (Wildman–Crippen MR) is 119 cm³/mol. The molecule has 0 saturated carbocycles. The van der Waals surface area contributed by atoms with E-state index >= 15 is 0 Å². The number of hydrogen-bond acceptors (Lipinski definition) is 4. The Morgan fingerprint density at radius 3 is 2.35 bits per heavy atom. The van der Waals surface area contributed by atoms with Crippen LogP contribution in [0.1, 0.15) is 34.8 Å². The zero-order valence-electron chi connectivity index (χ0n) is 17.6. The van der Waals surface area contributed by atoms with Gasteiger partial charge >= 0.3 is 0 Å². The lowest BCUT2D eigenvalue weighted by atomic mass is 10.0. The standard InChI is InChI=1S/C25H23N5O/c1-17-7-6-10-22(26-17)24-28-27-23-18(2)29(15-16-30(23)24)25(31)21-13-11-20(12-14-21)19-8-4-3-5-9-19/h3-14,18H,15-16H2,1-2H3. The van der Waals surface area contributed by atoms with E-state index in [-0.39, 0.29) is 11.9 Å². The second kappa shape index (κ2) is 7.80. The summed E-state index contributed by atoms with van der Waals surface area (Å²) in [5, 5.41) is 8.79. The molecule has 1 unspecified atom stereocenters. The quantitative estimate of drug-likeness (QED) is 0.499. The summed E-state index contributed by atoms with van der Waals surface area (Å²) in [4.78, 5) is 19.7. The first-order valence-electron chi connectivity index (χ1n) is 10.5. The Balaban J connectivity index is 1.39. The van der Waals surface area contributed by atoms with Gasteiger partial charge in [0.05, 0.1) is 6.04 Å². The van der Waals surface area contributed by atoms with Gasteiger partial charge in [0.1, 0.15) is 5.69 Å². The second-order valence-corrected chi connectivity index (χ2v) is 7.82. The van der Waals surface area contributed by atoms with Crippen LogP contribution in [0.4, 0.5) is 0 Å². The molecule has 0 radical (unpaired) electrons. The fourth-order valence-corrected chi connectivity index (χ4v) is 4.12. The Kier molecular flexibility index (Phi) is 4.82. The van der Waals surface area contributed by atoms with Crippen LogP contribution >= 0.6 is 0 Å². The molecule has 3 heterocycles. The van der Waals surface area contributed by atoms with Gasteiger partial charge in [-0.3, -0.25) is 4.79 Å². The van der Waals surface area contributed by atoms with Gasteiger partial charge in [0.15, 0.2) is 11.6 Å². The third kappa shape index (κ3) is 3.50. The van der Waals surface area contributed by atoms with E-state index in [2.05, 4.69) is 31.9 Å². The highest BCUT2D eigenvalue weighted by Gasteiger charge is 2.32. The number of rotatable bonds is 3. The van der Waals surface area contributed by atoms with Crippen molar-refractivity contribution in [1.29, 1.82) is 0 Å². The average molecular weight is 409 g/mol. The number of hydrogen-bond donors (Lipinski definition) is 0. The number of pyridine rings is 1. The summed E-state index contributed by atoms with van der Waals surface area (Å²) in [5.74, 6) is 1.56. The van der Waals surface area contributed by atoms with Crippen LogP contribution in [0, 0.1) is 6.92 Å². The van der Waals surface area contributed by atoms with E-state index in [1.807, 2.05) is 79.4 Å². The fourth-order valence-electron chi connectivity index (χ4n) is 4.12. The highest BCUT2D eigenvalue weighted by atomic mass is 16.2. The number of fused-ring (bicyclic) bond motifs is 1. The Labute approximate surface area is 181 Å². The zero-order valence-corrected chi connectivity index (χ0v) is 17.6. The van der Waals surface area contributed by atoms with Crippen LogP contribution in [-0.4, -0.2) is 37.1 Å². The molecule has 5 rings (SSSR count). The van der Waals surface area contributed by atoms with Crippen molar-refractivity contribution in [3.8, 4) is 22.6 Å². The number of benzene rings is 2. The minimum atomic E-state index is -0.166. The van der Waals surface area contributed by atoms with Crippen molar-refractivity contribution in [3.63, 3.8) is 0 Å². The maximum atomic E-state index is 13.2. The summed E-state index contributed by atoms with van der Waals surface area (Å²) in [7, 11) is 0. The van der Waals surface area contributed by atoms with Crippen LogP contribution in [0.3, 0.4) is 0 Å². The Morgan fingerprint density at radius 2 is 1.61 bits per heavy atom. The van der Waals surface area contributed by atoms with Crippen molar-refractivity contribution in [2.45, 2.75) is 26.4 Å². The minimum Gasteiger partial charge on any atom is -0.327 e. The molecular weight excluding hydrogens is 386 g/mol. The van der Waals surface area contributed by atoms with E-state index in [9.17, 15) is 4.79 Å². The lowest BCUT2D eigenvalue weighted by molar-refractivity contribution is 0.0638. The van der Waals surface area contributed by atoms with Gasteiger partial charge in [-0.2, -0.15) is 0 Å². The Bertz CT molecular complexity index is 1230. The topological polar surface area (TPSA) is 63.9 Å². The normalized spacial score (nSPS) is 15.5. The van der Waals surface area contributed by atoms with E-state index in [1.54, 1.807) is 0 Å². The monoisotopic (exact) mass is 409 g/mol. The largest absolute Gasteiger partial charge is 0.327 e. The van der Waals surface area contributed by atoms with Crippen molar-refractivity contribution in [1.82, 2.24) is 24.6 Å². The zero-order chi connectivity index (χ0) is 21.4. The molecule has 0 spiro atoms. The fraction of sp³-hybridized carbons (Fsp3) is 0.200. The van der Waals surface area contributed by atoms with E-state index in [1.165, 1.54) is 0 Å². The maximum Gasteiger partial charge on any atom is 0.254 e. The van der Waals surface area contributed by atoms with Crippen molar-refractivity contribution < 1.29 is 4.79 Å². The predicted octanol–water partition coefficient (Wildman–Crippen LogP) is 4.53. The van der Waals surface area contributed by atoms with Gasteiger partial charge in [-0.25, -0.2) is 4.98 Å². The minimum absolute atomic E-state index is 0.0107. The number of aromatic nitrogens is 4. The van der Waals surface area contributed by atoms with Crippen molar-refractivity contribution in [2.75, 3.05) is 6.54 Å². The third-order valence-corrected chi connectivity index (χ3v) is 5.80.